The Morgan fingerprint density at radius 2 is 1.72 bits per heavy atom. The van der Waals surface area contributed by atoms with Gasteiger partial charge in [-0.25, -0.2) is 4.98 Å². The molecule has 0 bridgehead atoms. The maximum absolute atomic E-state index is 11.0. The minimum Gasteiger partial charge on any atom is -0.493 e. The molecule has 3 aromatic carbocycles. The summed E-state index contributed by atoms with van der Waals surface area (Å²) in [6.07, 6.45) is 0.0611. The summed E-state index contributed by atoms with van der Waals surface area (Å²) < 4.78 is 8.13. The highest BCUT2D eigenvalue weighted by atomic mass is 16.5. The fourth-order valence-corrected chi connectivity index (χ4v) is 3.59. The first-order chi connectivity index (χ1) is 14.1. The minimum atomic E-state index is -0.761. The highest BCUT2D eigenvalue weighted by Crippen LogP contribution is 2.26. The van der Waals surface area contributed by atoms with Crippen molar-refractivity contribution in [1.82, 2.24) is 9.55 Å². The molecule has 0 radical (unpaired) electrons. The number of para-hydroxylation sites is 2. The third-order valence-electron chi connectivity index (χ3n) is 5.17. The summed E-state index contributed by atoms with van der Waals surface area (Å²) >= 11 is 0. The molecule has 0 saturated carbocycles. The predicted octanol–water partition coefficient (Wildman–Crippen LogP) is 5.20. The van der Waals surface area contributed by atoms with E-state index in [9.17, 15) is 5.11 Å². The van der Waals surface area contributed by atoms with E-state index in [0.29, 0.717) is 12.4 Å². The van der Waals surface area contributed by atoms with Crippen LogP contribution >= 0.6 is 0 Å². The molecule has 4 nitrogen and oxygen atoms in total. The third kappa shape index (κ3) is 4.17. The van der Waals surface area contributed by atoms with E-state index in [1.165, 1.54) is 5.56 Å². The molecule has 1 atom stereocenters. The van der Waals surface area contributed by atoms with E-state index in [1.54, 1.807) is 0 Å². The summed E-state index contributed by atoms with van der Waals surface area (Å²) in [7, 11) is 0. The largest absolute Gasteiger partial charge is 0.493 e. The lowest BCUT2D eigenvalue weighted by molar-refractivity contribution is 0.203. The van der Waals surface area contributed by atoms with E-state index in [-0.39, 0.29) is 0 Å². The smallest absolute Gasteiger partial charge is 0.143 e. The zero-order valence-electron chi connectivity index (χ0n) is 16.9. The maximum Gasteiger partial charge on any atom is 0.143 e. The van der Waals surface area contributed by atoms with E-state index < -0.39 is 6.10 Å². The molecule has 0 fully saturated rings. The Morgan fingerprint density at radius 1 is 0.966 bits per heavy atom. The Morgan fingerprint density at radius 3 is 2.55 bits per heavy atom. The van der Waals surface area contributed by atoms with Gasteiger partial charge in [-0.05, 0) is 55.2 Å². The topological polar surface area (TPSA) is 47.3 Å². The van der Waals surface area contributed by atoms with Gasteiger partial charge in [0.1, 0.15) is 17.7 Å². The van der Waals surface area contributed by atoms with E-state index in [2.05, 4.69) is 42.7 Å². The lowest BCUT2D eigenvalue weighted by atomic mass is 10.1. The molecule has 1 heterocycles. The number of aryl methyl sites for hydroxylation is 3. The van der Waals surface area contributed by atoms with Crippen molar-refractivity contribution in [3.63, 3.8) is 0 Å². The first-order valence-electron chi connectivity index (χ1n) is 10.0. The van der Waals surface area contributed by atoms with Gasteiger partial charge in [0.2, 0.25) is 0 Å². The molecule has 0 saturated heterocycles. The number of rotatable bonds is 7. The molecular weight excluding hydrogens is 360 g/mol. The number of aromatic nitrogens is 2. The van der Waals surface area contributed by atoms with E-state index in [4.69, 9.17) is 9.72 Å². The van der Waals surface area contributed by atoms with Crippen molar-refractivity contribution in [2.75, 3.05) is 6.61 Å². The van der Waals surface area contributed by atoms with Crippen LogP contribution in [0.15, 0.2) is 72.8 Å². The molecule has 1 unspecified atom stereocenters. The average Bonchev–Trinajstić information content (AvgIpc) is 3.12. The molecule has 0 amide bonds. The number of imidazole rings is 1. The zero-order chi connectivity index (χ0) is 20.2. The van der Waals surface area contributed by atoms with Crippen LogP contribution in [0.2, 0.25) is 0 Å². The van der Waals surface area contributed by atoms with Crippen LogP contribution in [-0.4, -0.2) is 21.3 Å². The number of hydrogen-bond donors (Lipinski definition) is 1. The number of aliphatic hydroxyl groups is 1. The molecule has 1 N–H and O–H groups in total. The van der Waals surface area contributed by atoms with Crippen LogP contribution in [0.4, 0.5) is 0 Å². The minimum absolute atomic E-state index is 0.609. The number of aliphatic hydroxyl groups excluding tert-OH is 1. The van der Waals surface area contributed by atoms with Crippen LogP contribution in [0.3, 0.4) is 0 Å². The standard InChI is InChI=1S/C25H26N2O2/c1-18-13-14-19(2)23(17-18)29-16-8-15-27-22-12-7-6-11-21(22)26-25(27)24(28)20-9-4-3-5-10-20/h3-7,9-14,17,24,28H,8,15-16H2,1-2H3. The van der Waals surface area contributed by atoms with Crippen molar-refractivity contribution in [3.05, 3.63) is 95.3 Å². The molecule has 0 spiro atoms. The molecule has 0 aliphatic rings. The lowest BCUT2D eigenvalue weighted by Crippen LogP contribution is -2.12. The van der Waals surface area contributed by atoms with Crippen LogP contribution < -0.4 is 4.74 Å². The Hall–Kier alpha value is -3.11. The van der Waals surface area contributed by atoms with Crippen molar-refractivity contribution in [3.8, 4) is 5.75 Å². The zero-order valence-corrected chi connectivity index (χ0v) is 16.9. The molecule has 0 aliphatic heterocycles. The van der Waals surface area contributed by atoms with Gasteiger partial charge in [-0.1, -0.05) is 54.6 Å². The van der Waals surface area contributed by atoms with Gasteiger partial charge in [-0.15, -0.1) is 0 Å². The number of nitrogens with zero attached hydrogens (tertiary/aromatic N) is 2. The van der Waals surface area contributed by atoms with E-state index in [0.717, 1.165) is 40.9 Å². The normalized spacial score (nSPS) is 12.2. The molecule has 4 heteroatoms. The van der Waals surface area contributed by atoms with Gasteiger partial charge in [-0.2, -0.15) is 0 Å². The number of hydrogen-bond acceptors (Lipinski definition) is 3. The van der Waals surface area contributed by atoms with Gasteiger partial charge in [0, 0.05) is 6.54 Å². The van der Waals surface area contributed by atoms with Crippen LogP contribution in [0.25, 0.3) is 11.0 Å². The maximum atomic E-state index is 11.0. The van der Waals surface area contributed by atoms with Crippen molar-refractivity contribution in [2.24, 2.45) is 0 Å². The second kappa shape index (κ2) is 8.50. The Bertz CT molecular complexity index is 1100. The first kappa shape index (κ1) is 19.2. The Balaban J connectivity index is 1.54. The number of benzene rings is 3. The molecule has 1 aromatic heterocycles. The monoisotopic (exact) mass is 386 g/mol. The van der Waals surface area contributed by atoms with Crippen molar-refractivity contribution in [2.45, 2.75) is 32.9 Å². The third-order valence-corrected chi connectivity index (χ3v) is 5.17. The summed E-state index contributed by atoms with van der Waals surface area (Å²) in [5.41, 5.74) is 5.11. The summed E-state index contributed by atoms with van der Waals surface area (Å²) in [6.45, 7) is 5.47. The van der Waals surface area contributed by atoms with Crippen molar-refractivity contribution < 1.29 is 9.84 Å². The van der Waals surface area contributed by atoms with E-state index >= 15 is 0 Å². The molecule has 4 rings (SSSR count). The number of ether oxygens (including phenoxy) is 1. The molecule has 29 heavy (non-hydrogen) atoms. The van der Waals surface area contributed by atoms with Crippen molar-refractivity contribution in [1.29, 1.82) is 0 Å². The molecular formula is C25H26N2O2. The summed E-state index contributed by atoms with van der Waals surface area (Å²) in [5.74, 6) is 1.61. The fourth-order valence-electron chi connectivity index (χ4n) is 3.59. The molecule has 4 aromatic rings. The van der Waals surface area contributed by atoms with Gasteiger partial charge in [0.15, 0.2) is 0 Å². The summed E-state index contributed by atoms with van der Waals surface area (Å²) in [4.78, 5) is 4.72. The highest BCUT2D eigenvalue weighted by Gasteiger charge is 2.19. The van der Waals surface area contributed by atoms with Crippen LogP contribution in [0, 0.1) is 13.8 Å². The van der Waals surface area contributed by atoms with Gasteiger partial charge in [0.05, 0.1) is 17.6 Å². The molecule has 0 aliphatic carbocycles. The van der Waals surface area contributed by atoms with Gasteiger partial charge >= 0.3 is 0 Å². The predicted molar refractivity (Wildman–Crippen MR) is 116 cm³/mol. The number of fused-ring (bicyclic) bond motifs is 1. The SMILES string of the molecule is Cc1ccc(C)c(OCCCn2c(C(O)c3ccccc3)nc3ccccc32)c1. The Labute approximate surface area is 171 Å². The van der Waals surface area contributed by atoms with Gasteiger partial charge < -0.3 is 14.4 Å². The summed E-state index contributed by atoms with van der Waals surface area (Å²) in [6, 6.07) is 23.9. The van der Waals surface area contributed by atoms with Crippen molar-refractivity contribution >= 4 is 11.0 Å². The van der Waals surface area contributed by atoms with Crippen LogP contribution in [0.1, 0.15) is 35.0 Å². The van der Waals surface area contributed by atoms with Crippen LogP contribution in [0.5, 0.6) is 5.75 Å². The van der Waals surface area contributed by atoms with Crippen LogP contribution in [-0.2, 0) is 6.54 Å². The molecule has 148 valence electrons. The second-order valence-corrected chi connectivity index (χ2v) is 7.39. The Kier molecular flexibility index (Phi) is 5.63. The lowest BCUT2D eigenvalue weighted by Gasteiger charge is -2.15. The average molecular weight is 386 g/mol. The van der Waals surface area contributed by atoms with Gasteiger partial charge in [-0.3, -0.25) is 0 Å². The second-order valence-electron chi connectivity index (χ2n) is 7.39. The quantitative estimate of drug-likeness (QED) is 0.444. The van der Waals surface area contributed by atoms with E-state index in [1.807, 2.05) is 48.5 Å². The summed E-state index contributed by atoms with van der Waals surface area (Å²) in [5, 5.41) is 11.0. The van der Waals surface area contributed by atoms with Gasteiger partial charge in [0.25, 0.3) is 0 Å². The first-order valence-corrected chi connectivity index (χ1v) is 10.0. The fraction of sp³-hybridized carbons (Fsp3) is 0.240. The highest BCUT2D eigenvalue weighted by molar-refractivity contribution is 5.76.